The van der Waals surface area contributed by atoms with Crippen molar-refractivity contribution in [3.63, 3.8) is 0 Å². The zero-order valence-corrected chi connectivity index (χ0v) is 5.93. The maximum Gasteiger partial charge on any atom is 0.168 e. The monoisotopic (exact) mass is 189 g/mol. The molecule has 1 nitrogen and oxygen atoms in total. The number of alkyl halides is 5. The minimum Gasteiger partial charge on any atom is -0.323 e. The Hall–Kier alpha value is -0.390. The van der Waals surface area contributed by atoms with E-state index in [0.717, 1.165) is 0 Å². The standard InChI is InChI=1S/C6H8F5N/c7-1-2(8)4(10)6(12)5(11)3(1)9/h1-6H,12H2. The molecular formula is C6H8F5N. The fourth-order valence-corrected chi connectivity index (χ4v) is 1.13. The average molecular weight is 189 g/mol. The summed E-state index contributed by atoms with van der Waals surface area (Å²) in [5.74, 6) is 0. The van der Waals surface area contributed by atoms with Crippen molar-refractivity contribution in [2.75, 3.05) is 0 Å². The van der Waals surface area contributed by atoms with Gasteiger partial charge in [0.05, 0.1) is 6.04 Å². The van der Waals surface area contributed by atoms with Crippen LogP contribution in [-0.2, 0) is 0 Å². The quantitative estimate of drug-likeness (QED) is 0.565. The van der Waals surface area contributed by atoms with Crippen molar-refractivity contribution in [2.45, 2.75) is 36.9 Å². The van der Waals surface area contributed by atoms with Crippen molar-refractivity contribution < 1.29 is 22.0 Å². The van der Waals surface area contributed by atoms with Crippen LogP contribution in [0.3, 0.4) is 0 Å². The van der Waals surface area contributed by atoms with E-state index < -0.39 is 36.9 Å². The van der Waals surface area contributed by atoms with Crippen LogP contribution in [0.25, 0.3) is 0 Å². The topological polar surface area (TPSA) is 26.0 Å². The lowest BCUT2D eigenvalue weighted by atomic mass is 9.88. The summed E-state index contributed by atoms with van der Waals surface area (Å²) >= 11 is 0. The van der Waals surface area contributed by atoms with Crippen LogP contribution in [0, 0.1) is 0 Å². The SMILES string of the molecule is NC1C(F)C(F)C(F)C(F)C1F. The van der Waals surface area contributed by atoms with E-state index in [4.69, 9.17) is 5.73 Å². The van der Waals surface area contributed by atoms with E-state index in [9.17, 15) is 22.0 Å². The summed E-state index contributed by atoms with van der Waals surface area (Å²) in [6.07, 6.45) is -13.0. The predicted octanol–water partition coefficient (Wildman–Crippen LogP) is 1.02. The normalized spacial score (nSPS) is 55.5. The molecule has 0 aromatic carbocycles. The van der Waals surface area contributed by atoms with Crippen LogP contribution in [0.15, 0.2) is 0 Å². The summed E-state index contributed by atoms with van der Waals surface area (Å²) < 4.78 is 62.2. The Labute approximate surface area is 65.7 Å². The van der Waals surface area contributed by atoms with E-state index in [1.165, 1.54) is 0 Å². The summed E-state index contributed by atoms with van der Waals surface area (Å²) in [5, 5.41) is 0. The first kappa shape index (κ1) is 9.70. The first-order valence-corrected chi connectivity index (χ1v) is 3.42. The Bertz CT molecular complexity index is 107. The summed E-state index contributed by atoms with van der Waals surface area (Å²) in [4.78, 5) is 0. The first-order valence-electron chi connectivity index (χ1n) is 3.42. The van der Waals surface area contributed by atoms with Gasteiger partial charge in [-0.1, -0.05) is 0 Å². The van der Waals surface area contributed by atoms with E-state index >= 15 is 0 Å². The van der Waals surface area contributed by atoms with Gasteiger partial charge in [0.1, 0.15) is 0 Å². The number of nitrogens with two attached hydrogens (primary N) is 1. The summed E-state index contributed by atoms with van der Waals surface area (Å²) in [6, 6.07) is -1.91. The number of halogens is 5. The minimum absolute atomic E-state index is 1.91. The molecule has 2 N–H and O–H groups in total. The van der Waals surface area contributed by atoms with Crippen LogP contribution in [0.5, 0.6) is 0 Å². The predicted molar refractivity (Wildman–Crippen MR) is 32.5 cm³/mol. The first-order chi connectivity index (χ1) is 5.46. The van der Waals surface area contributed by atoms with Gasteiger partial charge in [-0.3, -0.25) is 0 Å². The van der Waals surface area contributed by atoms with Crippen molar-refractivity contribution in [3.05, 3.63) is 0 Å². The number of hydrogen-bond donors (Lipinski definition) is 1. The Morgan fingerprint density at radius 3 is 1.17 bits per heavy atom. The van der Waals surface area contributed by atoms with Crippen LogP contribution in [0.2, 0.25) is 0 Å². The zero-order chi connectivity index (χ0) is 9.46. The van der Waals surface area contributed by atoms with Crippen molar-refractivity contribution in [1.29, 1.82) is 0 Å². The highest BCUT2D eigenvalue weighted by molar-refractivity contribution is 5.01. The lowest BCUT2D eigenvalue weighted by molar-refractivity contribution is -0.0630. The van der Waals surface area contributed by atoms with Gasteiger partial charge in [0.2, 0.25) is 0 Å². The average Bonchev–Trinajstić information content (AvgIpc) is 2.08. The number of rotatable bonds is 0. The molecule has 6 heteroatoms. The third-order valence-corrected chi connectivity index (χ3v) is 1.95. The van der Waals surface area contributed by atoms with Crippen molar-refractivity contribution in [2.24, 2.45) is 5.73 Å². The van der Waals surface area contributed by atoms with Gasteiger partial charge in [0.25, 0.3) is 0 Å². The molecule has 4 atom stereocenters. The number of hydrogen-bond acceptors (Lipinski definition) is 1. The largest absolute Gasteiger partial charge is 0.323 e. The molecule has 0 bridgehead atoms. The van der Waals surface area contributed by atoms with Gasteiger partial charge in [-0.2, -0.15) is 0 Å². The van der Waals surface area contributed by atoms with Gasteiger partial charge in [-0.25, -0.2) is 22.0 Å². The van der Waals surface area contributed by atoms with Crippen molar-refractivity contribution in [3.8, 4) is 0 Å². The van der Waals surface area contributed by atoms with Crippen molar-refractivity contribution >= 4 is 0 Å². The van der Waals surface area contributed by atoms with Gasteiger partial charge < -0.3 is 5.73 Å². The van der Waals surface area contributed by atoms with Crippen molar-refractivity contribution in [1.82, 2.24) is 0 Å². The van der Waals surface area contributed by atoms with E-state index in [-0.39, 0.29) is 0 Å². The smallest absolute Gasteiger partial charge is 0.168 e. The molecule has 1 fully saturated rings. The lowest BCUT2D eigenvalue weighted by Gasteiger charge is -2.33. The third kappa shape index (κ3) is 1.28. The highest BCUT2D eigenvalue weighted by Crippen LogP contribution is 2.30. The van der Waals surface area contributed by atoms with E-state index in [1.807, 2.05) is 0 Å². The molecular weight excluding hydrogens is 181 g/mol. The molecule has 0 amide bonds. The Balaban J connectivity index is 2.76. The van der Waals surface area contributed by atoms with Gasteiger partial charge in [0.15, 0.2) is 30.9 Å². The Morgan fingerprint density at radius 1 is 0.583 bits per heavy atom. The van der Waals surface area contributed by atoms with Crippen LogP contribution >= 0.6 is 0 Å². The second-order valence-corrected chi connectivity index (χ2v) is 2.80. The minimum atomic E-state index is -2.75. The maximum absolute atomic E-state index is 12.5. The van der Waals surface area contributed by atoms with Crippen LogP contribution < -0.4 is 5.73 Å². The Morgan fingerprint density at radius 2 is 0.833 bits per heavy atom. The van der Waals surface area contributed by atoms with Gasteiger partial charge >= 0.3 is 0 Å². The molecule has 0 aliphatic heterocycles. The summed E-state index contributed by atoms with van der Waals surface area (Å²) in [6.45, 7) is 0. The molecule has 0 aromatic heterocycles. The molecule has 72 valence electrons. The fourth-order valence-electron chi connectivity index (χ4n) is 1.13. The molecule has 0 aromatic rings. The summed E-state index contributed by atoms with van der Waals surface area (Å²) in [5.41, 5.74) is 4.77. The van der Waals surface area contributed by atoms with E-state index in [1.54, 1.807) is 0 Å². The maximum atomic E-state index is 12.5. The molecule has 1 saturated carbocycles. The highest BCUT2D eigenvalue weighted by Gasteiger charge is 2.52. The molecule has 12 heavy (non-hydrogen) atoms. The second kappa shape index (κ2) is 3.16. The lowest BCUT2D eigenvalue weighted by Crippen LogP contribution is -2.59. The molecule has 1 aliphatic carbocycles. The molecule has 1 aliphatic rings. The second-order valence-electron chi connectivity index (χ2n) is 2.80. The summed E-state index contributed by atoms with van der Waals surface area (Å²) in [7, 11) is 0. The molecule has 1 rings (SSSR count). The fraction of sp³-hybridized carbons (Fsp3) is 1.00. The van der Waals surface area contributed by atoms with Gasteiger partial charge in [-0.05, 0) is 0 Å². The third-order valence-electron chi connectivity index (χ3n) is 1.95. The van der Waals surface area contributed by atoms with Gasteiger partial charge in [-0.15, -0.1) is 0 Å². The molecule has 4 unspecified atom stereocenters. The molecule has 0 radical (unpaired) electrons. The van der Waals surface area contributed by atoms with Crippen LogP contribution in [0.1, 0.15) is 0 Å². The molecule has 0 heterocycles. The highest BCUT2D eigenvalue weighted by atomic mass is 19.2. The van der Waals surface area contributed by atoms with E-state index in [0.29, 0.717) is 0 Å². The van der Waals surface area contributed by atoms with Crippen LogP contribution in [-0.4, -0.2) is 36.9 Å². The van der Waals surface area contributed by atoms with Gasteiger partial charge in [0, 0.05) is 0 Å². The Kier molecular flexibility index (Phi) is 2.55. The zero-order valence-electron chi connectivity index (χ0n) is 5.93. The molecule has 0 saturated heterocycles. The van der Waals surface area contributed by atoms with E-state index in [2.05, 4.69) is 0 Å². The molecule has 0 spiro atoms. The van der Waals surface area contributed by atoms with Crippen LogP contribution in [0.4, 0.5) is 22.0 Å².